The van der Waals surface area contributed by atoms with Crippen molar-refractivity contribution in [2.45, 2.75) is 33.4 Å². The van der Waals surface area contributed by atoms with Crippen LogP contribution >= 0.6 is 0 Å². The number of carbonyl (C=O) groups is 1. The van der Waals surface area contributed by atoms with E-state index >= 15 is 0 Å². The van der Waals surface area contributed by atoms with Crippen LogP contribution in [0.3, 0.4) is 0 Å². The number of ether oxygens (including phenoxy) is 2. The summed E-state index contributed by atoms with van der Waals surface area (Å²) in [7, 11) is 1.62. The average molecular weight is 313 g/mol. The van der Waals surface area contributed by atoms with E-state index in [1.807, 2.05) is 56.3 Å². The summed E-state index contributed by atoms with van der Waals surface area (Å²) in [5.41, 5.74) is 3.27. The van der Waals surface area contributed by atoms with E-state index in [9.17, 15) is 4.79 Å². The van der Waals surface area contributed by atoms with Gasteiger partial charge < -0.3 is 14.8 Å². The number of amides is 1. The van der Waals surface area contributed by atoms with Crippen LogP contribution in [0.25, 0.3) is 0 Å². The van der Waals surface area contributed by atoms with E-state index in [0.717, 1.165) is 16.9 Å². The zero-order chi connectivity index (χ0) is 16.8. The van der Waals surface area contributed by atoms with Gasteiger partial charge in [-0.2, -0.15) is 0 Å². The van der Waals surface area contributed by atoms with Crippen molar-refractivity contribution in [3.05, 3.63) is 59.2 Å². The van der Waals surface area contributed by atoms with Crippen LogP contribution in [-0.4, -0.2) is 19.1 Å². The van der Waals surface area contributed by atoms with Gasteiger partial charge in [-0.05, 0) is 50.1 Å². The Balaban J connectivity index is 1.93. The fourth-order valence-corrected chi connectivity index (χ4v) is 2.22. The number of nitrogens with one attached hydrogen (secondary N) is 1. The number of hydrogen-bond acceptors (Lipinski definition) is 3. The van der Waals surface area contributed by atoms with E-state index in [0.29, 0.717) is 12.3 Å². The molecule has 0 radical (unpaired) electrons. The molecule has 4 heteroatoms. The second kappa shape index (κ2) is 7.68. The molecule has 0 aromatic heterocycles. The van der Waals surface area contributed by atoms with Gasteiger partial charge in [0.15, 0.2) is 6.10 Å². The van der Waals surface area contributed by atoms with Crippen LogP contribution in [0.15, 0.2) is 42.5 Å². The maximum absolute atomic E-state index is 12.2. The van der Waals surface area contributed by atoms with Gasteiger partial charge in [-0.15, -0.1) is 0 Å². The third kappa shape index (κ3) is 4.49. The minimum atomic E-state index is -0.563. The molecule has 0 saturated carbocycles. The molecule has 122 valence electrons. The summed E-state index contributed by atoms with van der Waals surface area (Å²) in [5, 5.41) is 2.88. The topological polar surface area (TPSA) is 47.6 Å². The molecule has 0 saturated heterocycles. The van der Waals surface area contributed by atoms with E-state index < -0.39 is 6.10 Å². The molecule has 1 N–H and O–H groups in total. The molecule has 0 bridgehead atoms. The Bertz CT molecular complexity index is 682. The Kier molecular flexibility index (Phi) is 5.63. The lowest BCUT2D eigenvalue weighted by Crippen LogP contribution is -2.36. The first-order valence-electron chi connectivity index (χ1n) is 7.64. The van der Waals surface area contributed by atoms with Crippen molar-refractivity contribution in [2.75, 3.05) is 7.11 Å². The van der Waals surface area contributed by atoms with Gasteiger partial charge in [-0.25, -0.2) is 0 Å². The lowest BCUT2D eigenvalue weighted by molar-refractivity contribution is -0.127. The smallest absolute Gasteiger partial charge is 0.261 e. The first-order valence-corrected chi connectivity index (χ1v) is 7.64. The highest BCUT2D eigenvalue weighted by atomic mass is 16.5. The van der Waals surface area contributed by atoms with Crippen LogP contribution in [-0.2, 0) is 11.3 Å². The Hall–Kier alpha value is -2.49. The third-order valence-electron chi connectivity index (χ3n) is 3.81. The number of aryl methyl sites for hydroxylation is 2. The summed E-state index contributed by atoms with van der Waals surface area (Å²) in [6.07, 6.45) is -0.563. The van der Waals surface area contributed by atoms with Gasteiger partial charge in [0.1, 0.15) is 11.5 Å². The minimum absolute atomic E-state index is 0.158. The van der Waals surface area contributed by atoms with Crippen LogP contribution < -0.4 is 14.8 Å². The van der Waals surface area contributed by atoms with Crippen molar-refractivity contribution in [1.29, 1.82) is 0 Å². The largest absolute Gasteiger partial charge is 0.496 e. The first-order chi connectivity index (χ1) is 11.0. The van der Waals surface area contributed by atoms with Gasteiger partial charge >= 0.3 is 0 Å². The van der Waals surface area contributed by atoms with Crippen molar-refractivity contribution < 1.29 is 14.3 Å². The molecular weight excluding hydrogens is 290 g/mol. The minimum Gasteiger partial charge on any atom is -0.496 e. The van der Waals surface area contributed by atoms with Crippen LogP contribution in [0.5, 0.6) is 11.5 Å². The van der Waals surface area contributed by atoms with Crippen molar-refractivity contribution >= 4 is 5.91 Å². The molecular formula is C19H23NO3. The predicted octanol–water partition coefficient (Wildman–Crippen LogP) is 3.40. The van der Waals surface area contributed by atoms with Crippen LogP contribution in [0.4, 0.5) is 0 Å². The highest BCUT2D eigenvalue weighted by molar-refractivity contribution is 5.80. The summed E-state index contributed by atoms with van der Waals surface area (Å²) >= 11 is 0. The van der Waals surface area contributed by atoms with Crippen LogP contribution in [0.1, 0.15) is 23.6 Å². The maximum Gasteiger partial charge on any atom is 0.261 e. The first kappa shape index (κ1) is 16.9. The van der Waals surface area contributed by atoms with Gasteiger partial charge in [0.25, 0.3) is 5.91 Å². The fraction of sp³-hybridized carbons (Fsp3) is 0.316. The lowest BCUT2D eigenvalue weighted by Gasteiger charge is -2.16. The van der Waals surface area contributed by atoms with Gasteiger partial charge in [0.05, 0.1) is 7.11 Å². The number of benzene rings is 2. The molecule has 2 rings (SSSR count). The van der Waals surface area contributed by atoms with Crippen molar-refractivity contribution in [1.82, 2.24) is 5.32 Å². The van der Waals surface area contributed by atoms with E-state index in [-0.39, 0.29) is 5.91 Å². The Morgan fingerprint density at radius 2 is 1.87 bits per heavy atom. The molecule has 0 unspecified atom stereocenters. The number of rotatable bonds is 6. The normalized spacial score (nSPS) is 11.7. The molecule has 1 atom stereocenters. The summed E-state index contributed by atoms with van der Waals surface area (Å²) in [6, 6.07) is 13.4. The molecule has 0 heterocycles. The monoisotopic (exact) mass is 313 g/mol. The van der Waals surface area contributed by atoms with Crippen LogP contribution in [0, 0.1) is 13.8 Å². The van der Waals surface area contributed by atoms with Gasteiger partial charge in [0, 0.05) is 12.1 Å². The van der Waals surface area contributed by atoms with E-state index in [4.69, 9.17) is 9.47 Å². The molecule has 2 aromatic rings. The zero-order valence-electron chi connectivity index (χ0n) is 14.1. The highest BCUT2D eigenvalue weighted by Gasteiger charge is 2.15. The van der Waals surface area contributed by atoms with Gasteiger partial charge in [-0.3, -0.25) is 4.79 Å². The third-order valence-corrected chi connectivity index (χ3v) is 3.81. The Morgan fingerprint density at radius 1 is 1.13 bits per heavy atom. The number of methoxy groups -OCH3 is 1. The van der Waals surface area contributed by atoms with Gasteiger partial charge in [-0.1, -0.05) is 24.3 Å². The van der Waals surface area contributed by atoms with E-state index in [1.54, 1.807) is 14.0 Å². The molecule has 0 aliphatic heterocycles. The molecule has 2 aromatic carbocycles. The maximum atomic E-state index is 12.2. The lowest BCUT2D eigenvalue weighted by atomic mass is 10.1. The molecule has 4 nitrogen and oxygen atoms in total. The fourth-order valence-electron chi connectivity index (χ4n) is 2.22. The predicted molar refractivity (Wildman–Crippen MR) is 90.8 cm³/mol. The molecule has 0 fully saturated rings. The number of hydrogen-bond donors (Lipinski definition) is 1. The summed E-state index contributed by atoms with van der Waals surface area (Å²) in [5.74, 6) is 1.30. The Morgan fingerprint density at radius 3 is 2.57 bits per heavy atom. The molecule has 0 aliphatic carbocycles. The number of para-hydroxylation sites is 1. The molecule has 1 amide bonds. The van der Waals surface area contributed by atoms with E-state index in [1.165, 1.54) is 5.56 Å². The SMILES string of the molecule is COc1ccccc1CNC(=O)[C@H](C)Oc1ccc(C)c(C)c1. The summed E-state index contributed by atoms with van der Waals surface area (Å²) in [6.45, 7) is 6.22. The summed E-state index contributed by atoms with van der Waals surface area (Å²) in [4.78, 5) is 12.2. The Labute approximate surface area is 137 Å². The number of carbonyl (C=O) groups excluding carboxylic acids is 1. The molecule has 23 heavy (non-hydrogen) atoms. The molecule has 0 spiro atoms. The zero-order valence-corrected chi connectivity index (χ0v) is 14.1. The van der Waals surface area contributed by atoms with Crippen LogP contribution in [0.2, 0.25) is 0 Å². The quantitative estimate of drug-likeness (QED) is 0.889. The summed E-state index contributed by atoms with van der Waals surface area (Å²) < 4.78 is 11.0. The van der Waals surface area contributed by atoms with Crippen molar-refractivity contribution in [2.24, 2.45) is 0 Å². The average Bonchev–Trinajstić information content (AvgIpc) is 2.56. The molecule has 0 aliphatic rings. The second-order valence-corrected chi connectivity index (χ2v) is 5.54. The van der Waals surface area contributed by atoms with E-state index in [2.05, 4.69) is 5.32 Å². The standard InChI is InChI=1S/C19H23NO3/c1-13-9-10-17(11-14(13)2)23-15(3)19(21)20-12-16-7-5-6-8-18(16)22-4/h5-11,15H,12H2,1-4H3,(H,20,21)/t15-/m0/s1. The second-order valence-electron chi connectivity index (χ2n) is 5.54. The highest BCUT2D eigenvalue weighted by Crippen LogP contribution is 2.19. The van der Waals surface area contributed by atoms with Crippen molar-refractivity contribution in [3.63, 3.8) is 0 Å². The van der Waals surface area contributed by atoms with Crippen molar-refractivity contribution in [3.8, 4) is 11.5 Å². The van der Waals surface area contributed by atoms with Gasteiger partial charge in [0.2, 0.25) is 0 Å².